The van der Waals surface area contributed by atoms with Gasteiger partial charge in [0.05, 0.1) is 5.69 Å². The lowest BCUT2D eigenvalue weighted by Gasteiger charge is -2.28. The third kappa shape index (κ3) is 3.07. The predicted octanol–water partition coefficient (Wildman–Crippen LogP) is 2.14. The first-order valence-electron chi connectivity index (χ1n) is 5.20. The molecule has 0 aliphatic rings. The molecular weight excluding hydrogens is 174 g/mol. The molecule has 0 saturated heterocycles. The molecule has 1 aromatic heterocycles. The Morgan fingerprint density at radius 2 is 2.07 bits per heavy atom. The Balaban J connectivity index is 2.48. The molecular formula is C11H19N3. The first kappa shape index (κ1) is 11.1. The summed E-state index contributed by atoms with van der Waals surface area (Å²) in [6, 6.07) is 1.94. The molecule has 1 N–H and O–H groups in total. The van der Waals surface area contributed by atoms with Gasteiger partial charge in [0.15, 0.2) is 0 Å². The van der Waals surface area contributed by atoms with Crippen molar-refractivity contribution in [1.29, 1.82) is 0 Å². The van der Waals surface area contributed by atoms with Crippen LogP contribution in [0.25, 0.3) is 0 Å². The van der Waals surface area contributed by atoms with Gasteiger partial charge >= 0.3 is 0 Å². The van der Waals surface area contributed by atoms with Crippen molar-refractivity contribution in [1.82, 2.24) is 15.3 Å². The van der Waals surface area contributed by atoms with Crippen molar-refractivity contribution in [3.05, 3.63) is 24.3 Å². The first-order chi connectivity index (χ1) is 6.70. The maximum Gasteiger partial charge on any atom is 0.115 e. The third-order valence-corrected chi connectivity index (χ3v) is 2.90. The zero-order valence-corrected chi connectivity index (χ0v) is 9.25. The lowest BCUT2D eigenvalue weighted by atomic mass is 9.95. The fourth-order valence-electron chi connectivity index (χ4n) is 1.23. The van der Waals surface area contributed by atoms with E-state index in [0.29, 0.717) is 0 Å². The summed E-state index contributed by atoms with van der Waals surface area (Å²) >= 11 is 0. The van der Waals surface area contributed by atoms with Crippen LogP contribution in [0.4, 0.5) is 0 Å². The SMILES string of the molecule is CCC(C)(CC)NCc1ccncn1. The second kappa shape index (κ2) is 5.05. The predicted molar refractivity (Wildman–Crippen MR) is 57.9 cm³/mol. The van der Waals surface area contributed by atoms with Crippen LogP contribution in [0.15, 0.2) is 18.6 Å². The van der Waals surface area contributed by atoms with Gasteiger partial charge in [0, 0.05) is 18.3 Å². The molecule has 0 bridgehead atoms. The zero-order chi connectivity index (χ0) is 10.4. The van der Waals surface area contributed by atoms with Crippen molar-refractivity contribution in [2.75, 3.05) is 0 Å². The van der Waals surface area contributed by atoms with E-state index in [9.17, 15) is 0 Å². The highest BCUT2D eigenvalue weighted by Crippen LogP contribution is 2.13. The van der Waals surface area contributed by atoms with E-state index in [0.717, 1.165) is 25.1 Å². The summed E-state index contributed by atoms with van der Waals surface area (Å²) in [6.45, 7) is 7.47. The van der Waals surface area contributed by atoms with Crippen LogP contribution in [0.2, 0.25) is 0 Å². The Bertz CT molecular complexity index is 254. The summed E-state index contributed by atoms with van der Waals surface area (Å²) in [5.41, 5.74) is 1.28. The van der Waals surface area contributed by atoms with Crippen molar-refractivity contribution in [3.8, 4) is 0 Å². The van der Waals surface area contributed by atoms with Crippen molar-refractivity contribution >= 4 is 0 Å². The monoisotopic (exact) mass is 193 g/mol. The summed E-state index contributed by atoms with van der Waals surface area (Å²) < 4.78 is 0. The average molecular weight is 193 g/mol. The van der Waals surface area contributed by atoms with E-state index < -0.39 is 0 Å². The number of hydrogen-bond acceptors (Lipinski definition) is 3. The van der Waals surface area contributed by atoms with Gasteiger partial charge in [-0.15, -0.1) is 0 Å². The van der Waals surface area contributed by atoms with Gasteiger partial charge in [0.1, 0.15) is 6.33 Å². The molecule has 14 heavy (non-hydrogen) atoms. The largest absolute Gasteiger partial charge is 0.306 e. The zero-order valence-electron chi connectivity index (χ0n) is 9.25. The maximum atomic E-state index is 4.18. The van der Waals surface area contributed by atoms with Crippen molar-refractivity contribution in [2.24, 2.45) is 0 Å². The van der Waals surface area contributed by atoms with Gasteiger partial charge in [-0.1, -0.05) is 13.8 Å². The lowest BCUT2D eigenvalue weighted by Crippen LogP contribution is -2.40. The molecule has 3 nitrogen and oxygen atoms in total. The van der Waals surface area contributed by atoms with E-state index in [4.69, 9.17) is 0 Å². The summed E-state index contributed by atoms with van der Waals surface area (Å²) in [5, 5.41) is 3.52. The summed E-state index contributed by atoms with van der Waals surface area (Å²) in [4.78, 5) is 8.07. The van der Waals surface area contributed by atoms with Gasteiger partial charge in [0.25, 0.3) is 0 Å². The molecule has 0 saturated carbocycles. The van der Waals surface area contributed by atoms with Gasteiger partial charge < -0.3 is 5.32 Å². The fraction of sp³-hybridized carbons (Fsp3) is 0.636. The minimum absolute atomic E-state index is 0.227. The fourth-order valence-corrected chi connectivity index (χ4v) is 1.23. The van der Waals surface area contributed by atoms with E-state index in [1.165, 1.54) is 0 Å². The number of rotatable bonds is 5. The molecule has 78 valence electrons. The van der Waals surface area contributed by atoms with Crippen LogP contribution in [0, 0.1) is 0 Å². The highest BCUT2D eigenvalue weighted by atomic mass is 15.0. The molecule has 3 heteroatoms. The Morgan fingerprint density at radius 1 is 1.36 bits per heavy atom. The van der Waals surface area contributed by atoms with E-state index in [1.54, 1.807) is 12.5 Å². The van der Waals surface area contributed by atoms with Gasteiger partial charge in [-0.3, -0.25) is 0 Å². The molecule has 1 rings (SSSR count). The minimum atomic E-state index is 0.227. The lowest BCUT2D eigenvalue weighted by molar-refractivity contribution is 0.327. The van der Waals surface area contributed by atoms with Crippen molar-refractivity contribution < 1.29 is 0 Å². The minimum Gasteiger partial charge on any atom is -0.306 e. The maximum absolute atomic E-state index is 4.18. The van der Waals surface area contributed by atoms with E-state index in [-0.39, 0.29) is 5.54 Å². The first-order valence-corrected chi connectivity index (χ1v) is 5.20. The van der Waals surface area contributed by atoms with Gasteiger partial charge in [0.2, 0.25) is 0 Å². The number of nitrogens with one attached hydrogen (secondary N) is 1. The van der Waals surface area contributed by atoms with E-state index >= 15 is 0 Å². The van der Waals surface area contributed by atoms with Gasteiger partial charge in [-0.25, -0.2) is 9.97 Å². The number of aromatic nitrogens is 2. The molecule has 0 fully saturated rings. The Morgan fingerprint density at radius 3 is 2.57 bits per heavy atom. The smallest absolute Gasteiger partial charge is 0.115 e. The van der Waals surface area contributed by atoms with Crippen LogP contribution in [-0.4, -0.2) is 15.5 Å². The van der Waals surface area contributed by atoms with E-state index in [2.05, 4.69) is 36.1 Å². The summed E-state index contributed by atoms with van der Waals surface area (Å²) in [6.07, 6.45) is 5.63. The van der Waals surface area contributed by atoms with Crippen molar-refractivity contribution in [2.45, 2.75) is 45.7 Å². The summed E-state index contributed by atoms with van der Waals surface area (Å²) in [5.74, 6) is 0. The average Bonchev–Trinajstić information content (AvgIpc) is 2.27. The highest BCUT2D eigenvalue weighted by molar-refractivity contribution is 4.98. The van der Waals surface area contributed by atoms with Crippen LogP contribution >= 0.6 is 0 Å². The van der Waals surface area contributed by atoms with Crippen molar-refractivity contribution in [3.63, 3.8) is 0 Å². The normalized spacial score (nSPS) is 11.6. The molecule has 0 amide bonds. The van der Waals surface area contributed by atoms with Gasteiger partial charge in [-0.05, 0) is 25.8 Å². The Labute approximate surface area is 86.0 Å². The van der Waals surface area contributed by atoms with Crippen LogP contribution < -0.4 is 5.32 Å². The topological polar surface area (TPSA) is 37.8 Å². The number of hydrogen-bond donors (Lipinski definition) is 1. The van der Waals surface area contributed by atoms with Crippen LogP contribution in [-0.2, 0) is 6.54 Å². The van der Waals surface area contributed by atoms with Gasteiger partial charge in [-0.2, -0.15) is 0 Å². The molecule has 0 aromatic carbocycles. The number of nitrogens with zero attached hydrogens (tertiary/aromatic N) is 2. The second-order valence-corrected chi connectivity index (χ2v) is 3.82. The molecule has 0 unspecified atom stereocenters. The molecule has 0 radical (unpaired) electrons. The standard InChI is InChI=1S/C11H19N3/c1-4-11(3,5-2)14-8-10-6-7-12-9-13-10/h6-7,9,14H,4-5,8H2,1-3H3. The van der Waals surface area contributed by atoms with E-state index in [1.807, 2.05) is 6.07 Å². The molecule has 1 heterocycles. The molecule has 0 aliphatic heterocycles. The van der Waals surface area contributed by atoms with Crippen LogP contribution in [0.5, 0.6) is 0 Å². The molecule has 0 aliphatic carbocycles. The Kier molecular flexibility index (Phi) is 4.01. The Hall–Kier alpha value is -0.960. The highest BCUT2D eigenvalue weighted by Gasteiger charge is 2.17. The molecule has 0 atom stereocenters. The quantitative estimate of drug-likeness (QED) is 0.778. The molecule has 0 spiro atoms. The second-order valence-electron chi connectivity index (χ2n) is 3.82. The summed E-state index contributed by atoms with van der Waals surface area (Å²) in [7, 11) is 0. The third-order valence-electron chi connectivity index (χ3n) is 2.90. The van der Waals surface area contributed by atoms with Crippen LogP contribution in [0.3, 0.4) is 0 Å². The molecule has 1 aromatic rings. The van der Waals surface area contributed by atoms with Crippen LogP contribution in [0.1, 0.15) is 39.3 Å².